The number of anilines is 1. The van der Waals surface area contributed by atoms with Gasteiger partial charge in [0.05, 0.1) is 16.3 Å². The zero-order chi connectivity index (χ0) is 16.6. The van der Waals surface area contributed by atoms with Gasteiger partial charge in [0.15, 0.2) is 6.54 Å². The molecule has 1 saturated heterocycles. The second-order valence-electron chi connectivity index (χ2n) is 5.82. The van der Waals surface area contributed by atoms with E-state index in [2.05, 4.69) is 42.2 Å². The van der Waals surface area contributed by atoms with E-state index in [-0.39, 0.29) is 11.8 Å². The van der Waals surface area contributed by atoms with E-state index in [9.17, 15) is 4.79 Å². The topological polar surface area (TPSA) is 23.3 Å². The first-order chi connectivity index (χ1) is 11.1. The van der Waals surface area contributed by atoms with Crippen molar-refractivity contribution in [2.75, 3.05) is 18.0 Å². The highest BCUT2D eigenvalue weighted by atomic mass is 32.2. The maximum atomic E-state index is 12.5. The van der Waals surface area contributed by atoms with Crippen LogP contribution in [0.4, 0.5) is 5.69 Å². The Bertz CT molecular complexity index is 736. The van der Waals surface area contributed by atoms with Crippen molar-refractivity contribution < 1.29 is 8.74 Å². The Kier molecular flexibility index (Phi) is 4.69. The molecular formula is C18H21N2OS2+. The number of fused-ring (bicyclic) bond motifs is 1. The molecule has 3 nitrogen and oxygen atoms in total. The number of para-hydroxylation sites is 1. The van der Waals surface area contributed by atoms with Gasteiger partial charge in [-0.05, 0) is 37.6 Å². The number of nitrogens with zero attached hydrogens (tertiary/aromatic N) is 2. The van der Waals surface area contributed by atoms with Gasteiger partial charge in [-0.3, -0.25) is 4.79 Å². The van der Waals surface area contributed by atoms with E-state index in [1.807, 2.05) is 13.8 Å². The van der Waals surface area contributed by atoms with Crippen LogP contribution in [0.15, 0.2) is 51.4 Å². The third-order valence-electron chi connectivity index (χ3n) is 4.42. The van der Waals surface area contributed by atoms with Crippen LogP contribution < -0.4 is 4.90 Å². The number of allylic oxidation sites excluding steroid dienone is 2. The number of hydrogen-bond acceptors (Lipinski definition) is 4. The summed E-state index contributed by atoms with van der Waals surface area (Å²) in [6, 6.07) is 8.29. The van der Waals surface area contributed by atoms with Crippen molar-refractivity contribution in [2.45, 2.75) is 38.1 Å². The lowest BCUT2D eigenvalue weighted by Crippen LogP contribution is -2.21. The second-order valence-corrected chi connectivity index (χ2v) is 7.35. The molecule has 2 aliphatic heterocycles. The molecule has 3 rings (SSSR count). The predicted molar refractivity (Wildman–Crippen MR) is 97.7 cm³/mol. The summed E-state index contributed by atoms with van der Waals surface area (Å²) in [6.45, 7) is 7.68. The zero-order valence-electron chi connectivity index (χ0n) is 13.7. The van der Waals surface area contributed by atoms with Gasteiger partial charge in [0.25, 0.3) is 12.4 Å². The summed E-state index contributed by atoms with van der Waals surface area (Å²) in [7, 11) is 0. The molecule has 2 heterocycles. The summed E-state index contributed by atoms with van der Waals surface area (Å²) < 4.78 is 1.74. The fraction of sp³-hybridized carbons (Fsp3) is 0.389. The van der Waals surface area contributed by atoms with E-state index in [4.69, 9.17) is 12.4 Å². The maximum Gasteiger partial charge on any atom is 0.264 e. The molecule has 5 heteroatoms. The predicted octanol–water partition coefficient (Wildman–Crippen LogP) is 3.88. The molecular weight excluding hydrogens is 324 g/mol. The molecule has 0 aliphatic carbocycles. The second kappa shape index (κ2) is 6.57. The van der Waals surface area contributed by atoms with E-state index in [1.165, 1.54) is 15.6 Å². The molecule has 1 aromatic carbocycles. The summed E-state index contributed by atoms with van der Waals surface area (Å²) in [5.41, 5.74) is 3.15. The molecule has 0 aromatic heterocycles. The number of thioether (sulfide) groups is 1. The van der Waals surface area contributed by atoms with E-state index in [0.717, 1.165) is 24.1 Å². The Hall–Kier alpha value is -1.46. The lowest BCUT2D eigenvalue weighted by atomic mass is 10.0. The fourth-order valence-corrected chi connectivity index (χ4v) is 4.74. The molecule has 0 N–H and O–H groups in total. The van der Waals surface area contributed by atoms with Crippen molar-refractivity contribution in [3.8, 4) is 0 Å². The fourth-order valence-electron chi connectivity index (χ4n) is 3.14. The number of benzene rings is 1. The molecule has 1 unspecified atom stereocenters. The molecule has 0 bridgehead atoms. The molecule has 0 spiro atoms. The number of Topliss-reactive ketones (excluding diaryl/α,β-unsaturated/α-hetero) is 1. The number of carbonyl (C=O) groups is 1. The Morgan fingerprint density at radius 3 is 2.83 bits per heavy atom. The first kappa shape index (κ1) is 16.4. The third-order valence-corrected chi connectivity index (χ3v) is 5.91. The van der Waals surface area contributed by atoms with Gasteiger partial charge in [-0.1, -0.05) is 30.8 Å². The van der Waals surface area contributed by atoms with Gasteiger partial charge in [-0.15, -0.1) is 3.95 Å². The summed E-state index contributed by atoms with van der Waals surface area (Å²) >= 11 is 7.09. The average Bonchev–Trinajstić information content (AvgIpc) is 3.03. The van der Waals surface area contributed by atoms with Crippen LogP contribution in [0, 0.1) is 0 Å². The smallest absolute Gasteiger partial charge is 0.264 e. The number of ketones is 1. The van der Waals surface area contributed by atoms with Crippen molar-refractivity contribution in [2.24, 2.45) is 0 Å². The Morgan fingerprint density at radius 2 is 2.17 bits per heavy atom. The maximum absolute atomic E-state index is 12.5. The van der Waals surface area contributed by atoms with Crippen LogP contribution in [0.1, 0.15) is 27.2 Å². The SMILES string of the molecule is CCC1C(=O)C(=C(C)C=C2Sc3ccccc3N2CC)C[N+]1=S. The van der Waals surface area contributed by atoms with Gasteiger partial charge in [-0.25, -0.2) is 0 Å². The molecule has 1 atom stereocenters. The zero-order valence-corrected chi connectivity index (χ0v) is 15.3. The normalized spacial score (nSPS) is 24.6. The quantitative estimate of drug-likeness (QED) is 0.613. The van der Waals surface area contributed by atoms with Crippen LogP contribution >= 0.6 is 11.8 Å². The van der Waals surface area contributed by atoms with Gasteiger partial charge in [0.1, 0.15) is 0 Å². The minimum atomic E-state index is -0.135. The van der Waals surface area contributed by atoms with Crippen LogP contribution in [0.25, 0.3) is 0 Å². The van der Waals surface area contributed by atoms with Crippen LogP contribution in [0.3, 0.4) is 0 Å². The highest BCUT2D eigenvalue weighted by molar-refractivity contribution is 8.03. The van der Waals surface area contributed by atoms with E-state index < -0.39 is 0 Å². The van der Waals surface area contributed by atoms with Crippen LogP contribution in [-0.2, 0) is 17.2 Å². The molecule has 0 radical (unpaired) electrons. The minimum Gasteiger partial charge on any atom is -0.335 e. The standard InChI is InChI=1S/C18H21N2OS2/c1-4-14-18(21)13(11-20(14)22)12(3)10-17-19(5-2)15-8-6-7-9-16(15)23-17/h6-10,14H,4-5,11H2,1-3H3/q+1. The molecule has 0 amide bonds. The van der Waals surface area contributed by atoms with Gasteiger partial charge < -0.3 is 4.90 Å². The van der Waals surface area contributed by atoms with Crippen LogP contribution in [-0.4, -0.2) is 28.9 Å². The number of rotatable bonds is 3. The first-order valence-electron chi connectivity index (χ1n) is 8.00. The van der Waals surface area contributed by atoms with Crippen molar-refractivity contribution in [1.29, 1.82) is 0 Å². The highest BCUT2D eigenvalue weighted by Crippen LogP contribution is 2.46. The summed E-state index contributed by atoms with van der Waals surface area (Å²) in [6.07, 6.45) is 2.92. The Morgan fingerprint density at radius 1 is 1.43 bits per heavy atom. The molecule has 120 valence electrons. The van der Waals surface area contributed by atoms with E-state index in [1.54, 1.807) is 15.7 Å². The number of carbonyl (C=O) groups excluding carboxylic acids is 1. The molecule has 2 aliphatic rings. The molecule has 23 heavy (non-hydrogen) atoms. The van der Waals surface area contributed by atoms with E-state index >= 15 is 0 Å². The first-order valence-corrected chi connectivity index (χ1v) is 9.18. The highest BCUT2D eigenvalue weighted by Gasteiger charge is 2.40. The van der Waals surface area contributed by atoms with Crippen molar-refractivity contribution in [3.05, 3.63) is 46.5 Å². The third kappa shape index (κ3) is 2.88. The van der Waals surface area contributed by atoms with Crippen LogP contribution in [0.5, 0.6) is 0 Å². The molecule has 1 fully saturated rings. The average molecular weight is 346 g/mol. The van der Waals surface area contributed by atoms with Gasteiger partial charge >= 0.3 is 0 Å². The van der Waals surface area contributed by atoms with Gasteiger partial charge in [-0.2, -0.15) is 0 Å². The lowest BCUT2D eigenvalue weighted by molar-refractivity contribution is -0.504. The summed E-state index contributed by atoms with van der Waals surface area (Å²) in [4.78, 5) is 16.1. The van der Waals surface area contributed by atoms with Gasteiger partial charge in [0, 0.05) is 17.9 Å². The Labute approximate surface area is 147 Å². The molecule has 0 saturated carbocycles. The largest absolute Gasteiger partial charge is 0.335 e. The summed E-state index contributed by atoms with van der Waals surface area (Å²) in [5, 5.41) is 1.18. The Balaban J connectivity index is 1.95. The van der Waals surface area contributed by atoms with Crippen LogP contribution in [0.2, 0.25) is 0 Å². The number of hydrogen-bond donors (Lipinski definition) is 0. The minimum absolute atomic E-state index is 0.135. The van der Waals surface area contributed by atoms with Crippen molar-refractivity contribution >= 4 is 35.7 Å². The van der Waals surface area contributed by atoms with Crippen molar-refractivity contribution in [1.82, 2.24) is 0 Å². The summed E-state index contributed by atoms with van der Waals surface area (Å²) in [5.74, 6) is 0.195. The van der Waals surface area contributed by atoms with Gasteiger partial charge in [0.2, 0.25) is 11.8 Å². The van der Waals surface area contributed by atoms with Crippen molar-refractivity contribution in [3.63, 3.8) is 0 Å². The monoisotopic (exact) mass is 345 g/mol. The molecule has 1 aromatic rings. The lowest BCUT2D eigenvalue weighted by Gasteiger charge is -2.18. The van der Waals surface area contributed by atoms with E-state index in [0.29, 0.717) is 6.54 Å².